The molecule has 0 atom stereocenters. The molecule has 1 aliphatic rings. The Morgan fingerprint density at radius 1 is 1.06 bits per heavy atom. The molecule has 170 valence electrons. The Balaban J connectivity index is 1.60. The molecule has 2 aromatic heterocycles. The van der Waals surface area contributed by atoms with Crippen molar-refractivity contribution in [1.29, 1.82) is 0 Å². The first kappa shape index (κ1) is 21.5. The van der Waals surface area contributed by atoms with Crippen molar-refractivity contribution in [2.45, 2.75) is 19.9 Å². The standard InChI is InChI=1S/C27H24N4O3/c1-17-15-30-27(34-17)22-11-21-6-5-19(20-9-10-29-25(28)13-20)12-24(21)31(26(32)14-22)16-18-3-7-23(33-2)8-4-18/h3-13,15H,14,16H2,1-2H3,(H2,28,29). The van der Waals surface area contributed by atoms with Crippen LogP contribution in [0.4, 0.5) is 11.5 Å². The number of nitrogens with two attached hydrogens (primary N) is 1. The smallest absolute Gasteiger partial charge is 0.231 e. The highest BCUT2D eigenvalue weighted by molar-refractivity contribution is 6.06. The molecule has 1 aliphatic heterocycles. The molecular weight excluding hydrogens is 428 g/mol. The number of carbonyl (C=O) groups is 1. The van der Waals surface area contributed by atoms with Crippen molar-refractivity contribution < 1.29 is 13.9 Å². The van der Waals surface area contributed by atoms with Crippen LogP contribution in [0.3, 0.4) is 0 Å². The van der Waals surface area contributed by atoms with Crippen molar-refractivity contribution >= 4 is 29.1 Å². The van der Waals surface area contributed by atoms with Gasteiger partial charge >= 0.3 is 0 Å². The molecule has 0 saturated heterocycles. The van der Waals surface area contributed by atoms with E-state index in [0.29, 0.717) is 24.0 Å². The van der Waals surface area contributed by atoms with E-state index in [1.807, 2.05) is 72.5 Å². The number of hydrogen-bond acceptors (Lipinski definition) is 6. The molecule has 1 amide bonds. The summed E-state index contributed by atoms with van der Waals surface area (Å²) in [5.74, 6) is 2.35. The van der Waals surface area contributed by atoms with Gasteiger partial charge in [-0.3, -0.25) is 4.79 Å². The third-order valence-electron chi connectivity index (χ3n) is 5.80. The summed E-state index contributed by atoms with van der Waals surface area (Å²) in [5.41, 5.74) is 11.3. The molecule has 0 fully saturated rings. The first-order valence-corrected chi connectivity index (χ1v) is 10.9. The molecule has 0 saturated carbocycles. The maximum Gasteiger partial charge on any atom is 0.231 e. The summed E-state index contributed by atoms with van der Waals surface area (Å²) in [7, 11) is 1.63. The summed E-state index contributed by atoms with van der Waals surface area (Å²) < 4.78 is 11.0. The van der Waals surface area contributed by atoms with Crippen LogP contribution in [0, 0.1) is 6.92 Å². The zero-order valence-electron chi connectivity index (χ0n) is 19.0. The number of pyridine rings is 1. The minimum Gasteiger partial charge on any atom is -0.497 e. The molecule has 7 heteroatoms. The summed E-state index contributed by atoms with van der Waals surface area (Å²) in [4.78, 5) is 23.8. The van der Waals surface area contributed by atoms with E-state index in [1.165, 1.54) is 0 Å². The van der Waals surface area contributed by atoms with Gasteiger partial charge in [0.1, 0.15) is 17.3 Å². The van der Waals surface area contributed by atoms with Gasteiger partial charge in [-0.15, -0.1) is 0 Å². The number of ether oxygens (including phenoxy) is 1. The maximum atomic E-state index is 13.6. The van der Waals surface area contributed by atoms with Crippen molar-refractivity contribution in [3.63, 3.8) is 0 Å². The van der Waals surface area contributed by atoms with E-state index in [1.54, 1.807) is 19.5 Å². The van der Waals surface area contributed by atoms with E-state index in [0.717, 1.165) is 39.3 Å². The normalized spacial score (nSPS) is 13.3. The number of anilines is 2. The SMILES string of the molecule is COc1ccc(CN2C(=O)CC(c3ncc(C)o3)=Cc3ccc(-c4ccnc(N)c4)cc32)cc1. The Hall–Kier alpha value is -4.39. The zero-order chi connectivity index (χ0) is 23.7. The predicted octanol–water partition coefficient (Wildman–Crippen LogP) is 5.11. The summed E-state index contributed by atoms with van der Waals surface area (Å²) >= 11 is 0. The Morgan fingerprint density at radius 3 is 2.56 bits per heavy atom. The highest BCUT2D eigenvalue weighted by Crippen LogP contribution is 2.36. The number of rotatable bonds is 5. The van der Waals surface area contributed by atoms with Crippen LogP contribution in [0.1, 0.15) is 29.2 Å². The fraction of sp³-hybridized carbons (Fsp3) is 0.148. The van der Waals surface area contributed by atoms with E-state index in [9.17, 15) is 4.79 Å². The first-order chi connectivity index (χ1) is 16.5. The number of nitrogen functional groups attached to an aromatic ring is 1. The average Bonchev–Trinajstić information content (AvgIpc) is 3.23. The van der Waals surface area contributed by atoms with Crippen LogP contribution in [0.5, 0.6) is 5.75 Å². The van der Waals surface area contributed by atoms with Crippen LogP contribution in [0.2, 0.25) is 0 Å². The molecule has 0 spiro atoms. The van der Waals surface area contributed by atoms with Gasteiger partial charge in [-0.05, 0) is 65.6 Å². The Kier molecular flexibility index (Phi) is 5.59. The zero-order valence-corrected chi connectivity index (χ0v) is 19.0. The van der Waals surface area contributed by atoms with E-state index >= 15 is 0 Å². The van der Waals surface area contributed by atoms with Crippen LogP contribution < -0.4 is 15.4 Å². The number of nitrogens with zero attached hydrogens (tertiary/aromatic N) is 3. The van der Waals surface area contributed by atoms with Crippen molar-refractivity contribution in [3.8, 4) is 16.9 Å². The minimum absolute atomic E-state index is 0.0388. The van der Waals surface area contributed by atoms with E-state index in [4.69, 9.17) is 14.9 Å². The van der Waals surface area contributed by atoms with Crippen molar-refractivity contribution in [2.75, 3.05) is 17.7 Å². The Bertz CT molecular complexity index is 1390. The molecular formula is C27H24N4O3. The highest BCUT2D eigenvalue weighted by atomic mass is 16.5. The van der Waals surface area contributed by atoms with Gasteiger partial charge in [0.2, 0.25) is 11.8 Å². The van der Waals surface area contributed by atoms with Gasteiger partial charge in [0, 0.05) is 11.8 Å². The monoisotopic (exact) mass is 452 g/mol. The number of hydrogen-bond donors (Lipinski definition) is 1. The van der Waals surface area contributed by atoms with Gasteiger partial charge < -0.3 is 19.8 Å². The Morgan fingerprint density at radius 2 is 1.85 bits per heavy atom. The van der Waals surface area contributed by atoms with Gasteiger partial charge in [-0.2, -0.15) is 0 Å². The minimum atomic E-state index is -0.0388. The highest BCUT2D eigenvalue weighted by Gasteiger charge is 2.26. The van der Waals surface area contributed by atoms with Gasteiger partial charge in [0.25, 0.3) is 0 Å². The van der Waals surface area contributed by atoms with Crippen LogP contribution in [0.25, 0.3) is 22.8 Å². The number of aromatic nitrogens is 2. The van der Waals surface area contributed by atoms with E-state index in [-0.39, 0.29) is 12.3 Å². The molecule has 34 heavy (non-hydrogen) atoms. The fourth-order valence-corrected chi connectivity index (χ4v) is 4.07. The van der Waals surface area contributed by atoms with Crippen LogP contribution in [-0.4, -0.2) is 23.0 Å². The van der Waals surface area contributed by atoms with Crippen molar-refractivity contribution in [2.24, 2.45) is 0 Å². The lowest BCUT2D eigenvalue weighted by Crippen LogP contribution is -2.30. The molecule has 0 unspecified atom stereocenters. The summed E-state index contributed by atoms with van der Waals surface area (Å²) in [6.07, 6.45) is 5.51. The van der Waals surface area contributed by atoms with Crippen LogP contribution in [0.15, 0.2) is 71.4 Å². The maximum absolute atomic E-state index is 13.6. The van der Waals surface area contributed by atoms with Crippen molar-refractivity contribution in [1.82, 2.24) is 9.97 Å². The fourth-order valence-electron chi connectivity index (χ4n) is 4.07. The second kappa shape index (κ2) is 8.86. The van der Waals surface area contributed by atoms with Gasteiger partial charge in [0.05, 0.1) is 32.0 Å². The molecule has 3 heterocycles. The first-order valence-electron chi connectivity index (χ1n) is 10.9. The topological polar surface area (TPSA) is 94.5 Å². The lowest BCUT2D eigenvalue weighted by Gasteiger charge is -2.24. The second-order valence-electron chi connectivity index (χ2n) is 8.19. The van der Waals surface area contributed by atoms with E-state index < -0.39 is 0 Å². The summed E-state index contributed by atoms with van der Waals surface area (Å²) in [6.45, 7) is 2.26. The molecule has 2 aromatic carbocycles. The lowest BCUT2D eigenvalue weighted by molar-refractivity contribution is -0.117. The van der Waals surface area contributed by atoms with Gasteiger partial charge in [-0.1, -0.05) is 24.3 Å². The number of carbonyl (C=O) groups excluding carboxylic acids is 1. The van der Waals surface area contributed by atoms with Gasteiger partial charge in [-0.25, -0.2) is 9.97 Å². The summed E-state index contributed by atoms with van der Waals surface area (Å²) in [6, 6.07) is 17.5. The number of oxazole rings is 1. The molecule has 7 nitrogen and oxygen atoms in total. The second-order valence-corrected chi connectivity index (χ2v) is 8.19. The van der Waals surface area contributed by atoms with Crippen LogP contribution in [-0.2, 0) is 11.3 Å². The lowest BCUT2D eigenvalue weighted by atomic mass is 10.0. The third kappa shape index (κ3) is 4.28. The third-order valence-corrected chi connectivity index (χ3v) is 5.80. The largest absolute Gasteiger partial charge is 0.497 e. The molecule has 0 bridgehead atoms. The van der Waals surface area contributed by atoms with Gasteiger partial charge in [0.15, 0.2) is 0 Å². The summed E-state index contributed by atoms with van der Waals surface area (Å²) in [5, 5.41) is 0. The number of aryl methyl sites for hydroxylation is 1. The molecule has 2 N–H and O–H groups in total. The van der Waals surface area contributed by atoms with Crippen molar-refractivity contribution in [3.05, 3.63) is 89.8 Å². The number of amides is 1. The molecule has 5 rings (SSSR count). The van der Waals surface area contributed by atoms with Crippen LogP contribution >= 0.6 is 0 Å². The predicted molar refractivity (Wildman–Crippen MR) is 132 cm³/mol. The number of methoxy groups -OCH3 is 1. The Labute approximate surface area is 197 Å². The molecule has 0 radical (unpaired) electrons. The molecule has 0 aliphatic carbocycles. The molecule has 4 aromatic rings. The average molecular weight is 453 g/mol. The number of fused-ring (bicyclic) bond motifs is 1. The number of benzene rings is 2. The van der Waals surface area contributed by atoms with E-state index in [2.05, 4.69) is 9.97 Å². The quantitative estimate of drug-likeness (QED) is 0.452.